The lowest BCUT2D eigenvalue weighted by molar-refractivity contribution is -0.116. The predicted molar refractivity (Wildman–Crippen MR) is 102 cm³/mol. The second-order valence-corrected chi connectivity index (χ2v) is 6.59. The van der Waals surface area contributed by atoms with Gasteiger partial charge in [-0.2, -0.15) is 0 Å². The molecule has 0 fully saturated rings. The standard InChI is InChI=1S/C19H17ClN2OS/c1-2-22(17-11-5-8-14-7-3-4-9-15(14)17)18(23)13-24-19-16(20)10-6-12-21-19/h3-12H,2,13H2,1H3. The molecular weight excluding hydrogens is 340 g/mol. The molecule has 0 atom stereocenters. The second kappa shape index (κ2) is 7.69. The highest BCUT2D eigenvalue weighted by Crippen LogP contribution is 2.29. The summed E-state index contributed by atoms with van der Waals surface area (Å²) in [6.07, 6.45) is 1.68. The van der Waals surface area contributed by atoms with E-state index in [0.717, 1.165) is 16.5 Å². The summed E-state index contributed by atoms with van der Waals surface area (Å²) in [5.41, 5.74) is 0.938. The zero-order chi connectivity index (χ0) is 16.9. The first-order valence-corrected chi connectivity index (χ1v) is 9.08. The van der Waals surface area contributed by atoms with E-state index in [2.05, 4.69) is 17.1 Å². The Labute approximate surface area is 150 Å². The number of hydrogen-bond acceptors (Lipinski definition) is 3. The average Bonchev–Trinajstić information content (AvgIpc) is 2.62. The van der Waals surface area contributed by atoms with Crippen molar-refractivity contribution in [2.45, 2.75) is 11.9 Å². The van der Waals surface area contributed by atoms with Gasteiger partial charge in [-0.15, -0.1) is 0 Å². The molecule has 0 aliphatic carbocycles. The van der Waals surface area contributed by atoms with Gasteiger partial charge in [-0.1, -0.05) is 59.8 Å². The van der Waals surface area contributed by atoms with Crippen LogP contribution in [0.2, 0.25) is 5.02 Å². The van der Waals surface area contributed by atoms with Gasteiger partial charge in [0.2, 0.25) is 5.91 Å². The summed E-state index contributed by atoms with van der Waals surface area (Å²) < 4.78 is 0. The second-order valence-electron chi connectivity index (χ2n) is 5.22. The van der Waals surface area contributed by atoms with E-state index in [0.29, 0.717) is 22.3 Å². The molecule has 0 radical (unpaired) electrons. The molecule has 0 saturated heterocycles. The summed E-state index contributed by atoms with van der Waals surface area (Å²) in [6, 6.07) is 17.7. The van der Waals surface area contributed by atoms with Crippen molar-refractivity contribution in [2.75, 3.05) is 17.2 Å². The van der Waals surface area contributed by atoms with Crippen LogP contribution in [0.15, 0.2) is 65.8 Å². The van der Waals surface area contributed by atoms with Gasteiger partial charge < -0.3 is 4.90 Å². The fourth-order valence-electron chi connectivity index (χ4n) is 2.61. The number of halogens is 1. The Balaban J connectivity index is 1.83. The molecule has 122 valence electrons. The highest BCUT2D eigenvalue weighted by molar-refractivity contribution is 8.00. The van der Waals surface area contributed by atoms with Crippen molar-refractivity contribution >= 4 is 45.7 Å². The van der Waals surface area contributed by atoms with Crippen molar-refractivity contribution in [3.63, 3.8) is 0 Å². The molecule has 0 bridgehead atoms. The van der Waals surface area contributed by atoms with Crippen LogP contribution in [0, 0.1) is 0 Å². The highest BCUT2D eigenvalue weighted by Gasteiger charge is 2.17. The van der Waals surface area contributed by atoms with Gasteiger partial charge in [-0.05, 0) is 30.5 Å². The van der Waals surface area contributed by atoms with Crippen molar-refractivity contribution in [3.8, 4) is 0 Å². The van der Waals surface area contributed by atoms with E-state index in [1.165, 1.54) is 11.8 Å². The number of fused-ring (bicyclic) bond motifs is 1. The SMILES string of the molecule is CCN(C(=O)CSc1ncccc1Cl)c1cccc2ccccc12. The third-order valence-corrected chi connectivity index (χ3v) is 5.14. The summed E-state index contributed by atoms with van der Waals surface area (Å²) in [6.45, 7) is 2.60. The van der Waals surface area contributed by atoms with Gasteiger partial charge >= 0.3 is 0 Å². The number of anilines is 1. The van der Waals surface area contributed by atoms with E-state index in [-0.39, 0.29) is 5.91 Å². The van der Waals surface area contributed by atoms with Crippen LogP contribution in [0.25, 0.3) is 10.8 Å². The summed E-state index contributed by atoms with van der Waals surface area (Å²) in [7, 11) is 0. The molecular formula is C19H17ClN2OS. The first-order valence-electron chi connectivity index (χ1n) is 7.72. The van der Waals surface area contributed by atoms with Crippen LogP contribution < -0.4 is 4.90 Å². The van der Waals surface area contributed by atoms with E-state index in [1.807, 2.05) is 42.2 Å². The quantitative estimate of drug-likeness (QED) is 0.601. The Hall–Kier alpha value is -2.04. The minimum Gasteiger partial charge on any atom is -0.311 e. The fraction of sp³-hybridized carbons (Fsp3) is 0.158. The van der Waals surface area contributed by atoms with Crippen molar-refractivity contribution in [3.05, 3.63) is 65.8 Å². The first-order chi connectivity index (χ1) is 11.7. The normalized spacial score (nSPS) is 10.8. The van der Waals surface area contributed by atoms with Crippen LogP contribution >= 0.6 is 23.4 Å². The molecule has 0 unspecified atom stereocenters. The van der Waals surface area contributed by atoms with Crippen molar-refractivity contribution in [1.82, 2.24) is 4.98 Å². The van der Waals surface area contributed by atoms with Gasteiger partial charge in [0.15, 0.2) is 0 Å². The van der Waals surface area contributed by atoms with Crippen molar-refractivity contribution in [1.29, 1.82) is 0 Å². The first kappa shape index (κ1) is 16.8. The Morgan fingerprint density at radius 1 is 1.12 bits per heavy atom. The van der Waals surface area contributed by atoms with E-state index >= 15 is 0 Å². The van der Waals surface area contributed by atoms with Crippen LogP contribution in [0.3, 0.4) is 0 Å². The van der Waals surface area contributed by atoms with Crippen LogP contribution in [-0.4, -0.2) is 23.2 Å². The molecule has 1 aromatic heterocycles. The molecule has 0 aliphatic heterocycles. The van der Waals surface area contributed by atoms with Gasteiger partial charge in [0.25, 0.3) is 0 Å². The van der Waals surface area contributed by atoms with Gasteiger partial charge in [0.05, 0.1) is 16.5 Å². The molecule has 1 heterocycles. The van der Waals surface area contributed by atoms with Gasteiger partial charge in [0.1, 0.15) is 5.03 Å². The molecule has 3 nitrogen and oxygen atoms in total. The number of carbonyl (C=O) groups excluding carboxylic acids is 1. The Morgan fingerprint density at radius 3 is 2.71 bits per heavy atom. The molecule has 0 N–H and O–H groups in total. The van der Waals surface area contributed by atoms with E-state index in [9.17, 15) is 4.79 Å². The van der Waals surface area contributed by atoms with Crippen molar-refractivity contribution in [2.24, 2.45) is 0 Å². The molecule has 3 rings (SSSR count). The zero-order valence-electron chi connectivity index (χ0n) is 13.3. The molecule has 0 spiro atoms. The number of nitrogens with zero attached hydrogens (tertiary/aromatic N) is 2. The minimum atomic E-state index is 0.0422. The number of carbonyl (C=O) groups is 1. The number of benzene rings is 2. The molecule has 0 saturated carbocycles. The monoisotopic (exact) mass is 356 g/mol. The van der Waals surface area contributed by atoms with Gasteiger partial charge in [-0.3, -0.25) is 4.79 Å². The van der Waals surface area contributed by atoms with E-state index in [4.69, 9.17) is 11.6 Å². The number of hydrogen-bond donors (Lipinski definition) is 0. The lowest BCUT2D eigenvalue weighted by atomic mass is 10.1. The van der Waals surface area contributed by atoms with Crippen LogP contribution in [0.5, 0.6) is 0 Å². The molecule has 5 heteroatoms. The molecule has 2 aromatic carbocycles. The Kier molecular flexibility index (Phi) is 5.38. The number of rotatable bonds is 5. The largest absolute Gasteiger partial charge is 0.311 e. The third kappa shape index (κ3) is 3.55. The fourth-order valence-corrected chi connectivity index (χ4v) is 3.65. The summed E-state index contributed by atoms with van der Waals surface area (Å²) in [5, 5.41) is 3.46. The average molecular weight is 357 g/mol. The maximum Gasteiger partial charge on any atom is 0.237 e. The summed E-state index contributed by atoms with van der Waals surface area (Å²) in [4.78, 5) is 18.8. The van der Waals surface area contributed by atoms with Crippen LogP contribution in [-0.2, 0) is 4.79 Å². The molecule has 0 aliphatic rings. The Morgan fingerprint density at radius 2 is 1.92 bits per heavy atom. The maximum absolute atomic E-state index is 12.7. The van der Waals surface area contributed by atoms with Crippen LogP contribution in [0.1, 0.15) is 6.92 Å². The van der Waals surface area contributed by atoms with Crippen LogP contribution in [0.4, 0.5) is 5.69 Å². The number of pyridine rings is 1. The minimum absolute atomic E-state index is 0.0422. The van der Waals surface area contributed by atoms with E-state index in [1.54, 1.807) is 18.3 Å². The molecule has 24 heavy (non-hydrogen) atoms. The predicted octanol–water partition coefficient (Wildman–Crippen LogP) is 5.03. The highest BCUT2D eigenvalue weighted by atomic mass is 35.5. The topological polar surface area (TPSA) is 33.2 Å². The zero-order valence-corrected chi connectivity index (χ0v) is 14.8. The van der Waals surface area contributed by atoms with Gasteiger partial charge in [-0.25, -0.2) is 4.98 Å². The Bertz CT molecular complexity index is 863. The number of amides is 1. The lowest BCUT2D eigenvalue weighted by Crippen LogP contribution is -2.32. The smallest absolute Gasteiger partial charge is 0.237 e. The third-order valence-electron chi connectivity index (χ3n) is 3.73. The summed E-state index contributed by atoms with van der Waals surface area (Å²) >= 11 is 7.47. The molecule has 1 amide bonds. The molecule has 3 aromatic rings. The number of aromatic nitrogens is 1. The van der Waals surface area contributed by atoms with E-state index < -0.39 is 0 Å². The van der Waals surface area contributed by atoms with Crippen molar-refractivity contribution < 1.29 is 4.79 Å². The number of thioether (sulfide) groups is 1. The van der Waals surface area contributed by atoms with Gasteiger partial charge in [0, 0.05) is 18.1 Å². The summed E-state index contributed by atoms with van der Waals surface area (Å²) in [5.74, 6) is 0.342. The maximum atomic E-state index is 12.7. The lowest BCUT2D eigenvalue weighted by Gasteiger charge is -2.22.